The average molecular weight is 229 g/mol. The molecule has 0 spiro atoms. The molecular formula is C7H4ClF3OS. The second kappa shape index (κ2) is 3.67. The Kier molecular flexibility index (Phi) is 2.98. The highest BCUT2D eigenvalue weighted by molar-refractivity contribution is 8.00. The molecule has 0 aliphatic rings. The fraction of sp³-hybridized carbons (Fsp3) is 0.143. The molecule has 1 aromatic rings. The van der Waals surface area contributed by atoms with Crippen molar-refractivity contribution in [2.24, 2.45) is 0 Å². The number of rotatable bonds is 1. The van der Waals surface area contributed by atoms with Crippen molar-refractivity contribution in [2.75, 3.05) is 0 Å². The number of hydrogen-bond donors (Lipinski definition) is 1. The van der Waals surface area contributed by atoms with E-state index in [2.05, 4.69) is 0 Å². The number of halogens is 4. The molecule has 13 heavy (non-hydrogen) atoms. The van der Waals surface area contributed by atoms with Crippen molar-refractivity contribution in [3.63, 3.8) is 0 Å². The number of phenols is 1. The first-order valence-electron chi connectivity index (χ1n) is 3.13. The molecule has 1 aromatic carbocycles. The van der Waals surface area contributed by atoms with Gasteiger partial charge in [0.05, 0.1) is 4.90 Å². The van der Waals surface area contributed by atoms with E-state index in [-0.39, 0.29) is 9.92 Å². The van der Waals surface area contributed by atoms with Crippen molar-refractivity contribution < 1.29 is 18.3 Å². The third-order valence-electron chi connectivity index (χ3n) is 1.15. The second-order valence-electron chi connectivity index (χ2n) is 2.16. The Morgan fingerprint density at radius 1 is 1.31 bits per heavy atom. The maximum Gasteiger partial charge on any atom is 0.446 e. The zero-order chi connectivity index (χ0) is 10.1. The Balaban J connectivity index is 2.94. The number of benzene rings is 1. The molecule has 0 saturated carbocycles. The van der Waals surface area contributed by atoms with Gasteiger partial charge >= 0.3 is 5.51 Å². The van der Waals surface area contributed by atoms with Gasteiger partial charge in [-0.2, -0.15) is 13.2 Å². The molecule has 0 saturated heterocycles. The summed E-state index contributed by atoms with van der Waals surface area (Å²) in [4.78, 5) is -0.292. The van der Waals surface area contributed by atoms with E-state index in [9.17, 15) is 13.2 Å². The lowest BCUT2D eigenvalue weighted by Crippen LogP contribution is -1.98. The monoisotopic (exact) mass is 228 g/mol. The zero-order valence-corrected chi connectivity index (χ0v) is 7.67. The summed E-state index contributed by atoms with van der Waals surface area (Å²) in [5, 5.41) is 9.18. The van der Waals surface area contributed by atoms with Crippen LogP contribution in [0.3, 0.4) is 0 Å². The van der Waals surface area contributed by atoms with Gasteiger partial charge in [0, 0.05) is 5.02 Å². The molecule has 1 rings (SSSR count). The van der Waals surface area contributed by atoms with E-state index in [1.54, 1.807) is 0 Å². The number of hydrogen-bond acceptors (Lipinski definition) is 2. The van der Waals surface area contributed by atoms with Crippen LogP contribution in [0, 0.1) is 0 Å². The molecule has 1 nitrogen and oxygen atoms in total. The van der Waals surface area contributed by atoms with Crippen LogP contribution in [0.1, 0.15) is 0 Å². The Morgan fingerprint density at radius 2 is 1.92 bits per heavy atom. The topological polar surface area (TPSA) is 20.2 Å². The van der Waals surface area contributed by atoms with E-state index in [0.29, 0.717) is 0 Å². The second-order valence-corrected chi connectivity index (χ2v) is 3.70. The van der Waals surface area contributed by atoms with Crippen molar-refractivity contribution in [3.8, 4) is 5.75 Å². The molecule has 0 bridgehead atoms. The van der Waals surface area contributed by atoms with Crippen LogP contribution < -0.4 is 0 Å². The molecular weight excluding hydrogens is 225 g/mol. The van der Waals surface area contributed by atoms with Crippen LogP contribution in [-0.2, 0) is 0 Å². The van der Waals surface area contributed by atoms with Crippen molar-refractivity contribution in [1.29, 1.82) is 0 Å². The maximum atomic E-state index is 11.9. The SMILES string of the molecule is Oc1ccc(Cl)cc1SC(F)(F)F. The number of alkyl halides is 3. The third kappa shape index (κ3) is 3.36. The third-order valence-corrected chi connectivity index (χ3v) is 2.16. The van der Waals surface area contributed by atoms with Gasteiger partial charge in [-0.1, -0.05) is 11.6 Å². The summed E-state index contributed by atoms with van der Waals surface area (Å²) in [6.07, 6.45) is 0. The molecule has 0 radical (unpaired) electrons. The van der Waals surface area contributed by atoms with Gasteiger partial charge in [0.15, 0.2) is 0 Å². The lowest BCUT2D eigenvalue weighted by Gasteiger charge is -2.07. The van der Waals surface area contributed by atoms with Gasteiger partial charge in [-0.3, -0.25) is 0 Å². The molecule has 0 aliphatic heterocycles. The standard InChI is InChI=1S/C7H4ClF3OS/c8-4-1-2-5(12)6(3-4)13-7(9,10)11/h1-3,12H. The largest absolute Gasteiger partial charge is 0.507 e. The molecule has 0 unspecified atom stereocenters. The normalized spacial score (nSPS) is 11.7. The predicted molar refractivity (Wildman–Crippen MR) is 45.0 cm³/mol. The van der Waals surface area contributed by atoms with Gasteiger partial charge in [0.1, 0.15) is 5.75 Å². The van der Waals surface area contributed by atoms with E-state index < -0.39 is 23.0 Å². The highest BCUT2D eigenvalue weighted by Crippen LogP contribution is 2.41. The van der Waals surface area contributed by atoms with Crippen molar-refractivity contribution in [2.45, 2.75) is 10.4 Å². The molecule has 0 aromatic heterocycles. The summed E-state index contributed by atoms with van der Waals surface area (Å²) in [5.74, 6) is -0.424. The smallest absolute Gasteiger partial charge is 0.446 e. The molecule has 6 heteroatoms. The van der Waals surface area contributed by atoms with E-state index >= 15 is 0 Å². The van der Waals surface area contributed by atoms with Crippen LogP contribution in [0.4, 0.5) is 13.2 Å². The molecule has 1 N–H and O–H groups in total. The van der Waals surface area contributed by atoms with E-state index in [0.717, 1.165) is 12.1 Å². The fourth-order valence-electron chi connectivity index (χ4n) is 0.694. The van der Waals surface area contributed by atoms with Crippen LogP contribution in [0.2, 0.25) is 5.02 Å². The quantitative estimate of drug-likeness (QED) is 0.741. The highest BCUT2D eigenvalue weighted by atomic mass is 35.5. The van der Waals surface area contributed by atoms with Crippen molar-refractivity contribution >= 4 is 23.4 Å². The molecule has 0 heterocycles. The fourth-order valence-corrected chi connectivity index (χ4v) is 1.54. The lowest BCUT2D eigenvalue weighted by atomic mass is 10.3. The minimum Gasteiger partial charge on any atom is -0.507 e. The Hall–Kier alpha value is -0.550. The van der Waals surface area contributed by atoms with Gasteiger partial charge in [0.2, 0.25) is 0 Å². The summed E-state index contributed by atoms with van der Waals surface area (Å²) >= 11 is 5.06. The summed E-state index contributed by atoms with van der Waals surface area (Å²) in [6, 6.07) is 3.50. The maximum absolute atomic E-state index is 11.9. The minimum absolute atomic E-state index is 0.157. The summed E-state index contributed by atoms with van der Waals surface area (Å²) in [5.41, 5.74) is -4.41. The molecule has 0 aliphatic carbocycles. The predicted octanol–water partition coefficient (Wildman–Crippen LogP) is 3.66. The van der Waals surface area contributed by atoms with Crippen LogP contribution >= 0.6 is 23.4 Å². The van der Waals surface area contributed by atoms with Crippen LogP contribution in [-0.4, -0.2) is 10.6 Å². The summed E-state index contributed by atoms with van der Waals surface area (Å²) in [7, 11) is 0. The van der Waals surface area contributed by atoms with E-state index in [4.69, 9.17) is 16.7 Å². The first kappa shape index (κ1) is 10.5. The first-order chi connectivity index (χ1) is 5.88. The van der Waals surface area contributed by atoms with E-state index in [1.165, 1.54) is 6.07 Å². The van der Waals surface area contributed by atoms with Crippen molar-refractivity contribution in [3.05, 3.63) is 23.2 Å². The van der Waals surface area contributed by atoms with Crippen LogP contribution in [0.5, 0.6) is 5.75 Å². The molecule has 72 valence electrons. The number of thioether (sulfide) groups is 1. The average Bonchev–Trinajstić information content (AvgIpc) is 1.94. The van der Waals surface area contributed by atoms with Crippen LogP contribution in [0.15, 0.2) is 23.1 Å². The van der Waals surface area contributed by atoms with Gasteiger partial charge in [-0.15, -0.1) is 0 Å². The zero-order valence-electron chi connectivity index (χ0n) is 6.10. The molecule has 0 atom stereocenters. The Bertz CT molecular complexity index is 313. The lowest BCUT2D eigenvalue weighted by molar-refractivity contribution is -0.0328. The van der Waals surface area contributed by atoms with Gasteiger partial charge in [0.25, 0.3) is 0 Å². The first-order valence-corrected chi connectivity index (χ1v) is 4.32. The Morgan fingerprint density at radius 3 is 2.46 bits per heavy atom. The summed E-state index contributed by atoms with van der Waals surface area (Å²) in [6.45, 7) is 0. The molecule has 0 fully saturated rings. The number of phenolic OH excluding ortho intramolecular Hbond substituents is 1. The van der Waals surface area contributed by atoms with Crippen LogP contribution in [0.25, 0.3) is 0 Å². The van der Waals surface area contributed by atoms with Gasteiger partial charge < -0.3 is 5.11 Å². The van der Waals surface area contributed by atoms with Gasteiger partial charge in [-0.05, 0) is 30.0 Å². The van der Waals surface area contributed by atoms with Crippen molar-refractivity contribution in [1.82, 2.24) is 0 Å². The molecule has 0 amide bonds. The van der Waals surface area contributed by atoms with E-state index in [1.807, 2.05) is 0 Å². The Labute approximate surface area is 81.5 Å². The minimum atomic E-state index is -4.41. The summed E-state index contributed by atoms with van der Waals surface area (Å²) < 4.78 is 35.6. The number of aromatic hydroxyl groups is 1. The van der Waals surface area contributed by atoms with Gasteiger partial charge in [-0.25, -0.2) is 0 Å². The highest BCUT2D eigenvalue weighted by Gasteiger charge is 2.30.